The van der Waals surface area contributed by atoms with Gasteiger partial charge in [-0.3, -0.25) is 10.4 Å². The highest BCUT2D eigenvalue weighted by molar-refractivity contribution is 5.79. The van der Waals surface area contributed by atoms with Crippen molar-refractivity contribution in [3.63, 3.8) is 0 Å². The summed E-state index contributed by atoms with van der Waals surface area (Å²) in [6.07, 6.45) is 1.02. The topological polar surface area (TPSA) is 53.6 Å². The van der Waals surface area contributed by atoms with Crippen molar-refractivity contribution in [2.24, 2.45) is 10.8 Å². The molecule has 4 nitrogen and oxygen atoms in total. The van der Waals surface area contributed by atoms with Crippen molar-refractivity contribution < 1.29 is 0 Å². The molecule has 0 radical (unpaired) electrons. The Morgan fingerprint density at radius 1 is 1.38 bits per heavy atom. The van der Waals surface area contributed by atoms with Crippen molar-refractivity contribution in [1.29, 1.82) is 0 Å². The number of hydrogen-bond acceptors (Lipinski definition) is 2. The first-order valence-electron chi connectivity index (χ1n) is 5.54. The molecule has 0 heterocycles. The highest BCUT2D eigenvalue weighted by Crippen LogP contribution is 2.02. The quantitative estimate of drug-likeness (QED) is 0.348. The largest absolute Gasteiger partial charge is 0.341 e. The van der Waals surface area contributed by atoms with Gasteiger partial charge < -0.3 is 4.90 Å². The fourth-order valence-corrected chi connectivity index (χ4v) is 1.43. The van der Waals surface area contributed by atoms with Crippen LogP contribution in [0.25, 0.3) is 0 Å². The van der Waals surface area contributed by atoms with Gasteiger partial charge in [-0.15, -0.1) is 0 Å². The third kappa shape index (κ3) is 3.90. The molecule has 0 amide bonds. The Labute approximate surface area is 97.1 Å². The van der Waals surface area contributed by atoms with Crippen LogP contribution in [0.1, 0.15) is 18.9 Å². The maximum Gasteiger partial charge on any atom is 0.208 e. The molecule has 0 saturated carbocycles. The van der Waals surface area contributed by atoms with Crippen LogP contribution in [0.4, 0.5) is 0 Å². The SMILES string of the molecule is CCCN=C(NN)N(C)Cc1ccccc1. The maximum absolute atomic E-state index is 5.45. The third-order valence-corrected chi connectivity index (χ3v) is 2.24. The molecule has 0 saturated heterocycles. The summed E-state index contributed by atoms with van der Waals surface area (Å²) in [5.41, 5.74) is 3.87. The molecule has 88 valence electrons. The van der Waals surface area contributed by atoms with Crippen molar-refractivity contribution in [3.05, 3.63) is 35.9 Å². The van der Waals surface area contributed by atoms with E-state index in [1.807, 2.05) is 30.1 Å². The zero-order valence-electron chi connectivity index (χ0n) is 9.98. The van der Waals surface area contributed by atoms with Gasteiger partial charge in [-0.1, -0.05) is 37.3 Å². The highest BCUT2D eigenvalue weighted by Gasteiger charge is 2.04. The Morgan fingerprint density at radius 3 is 2.62 bits per heavy atom. The molecule has 0 aliphatic carbocycles. The third-order valence-electron chi connectivity index (χ3n) is 2.24. The van der Waals surface area contributed by atoms with E-state index in [4.69, 9.17) is 5.84 Å². The van der Waals surface area contributed by atoms with Crippen molar-refractivity contribution in [2.45, 2.75) is 19.9 Å². The second-order valence-corrected chi connectivity index (χ2v) is 3.69. The Balaban J connectivity index is 2.59. The first kappa shape index (κ1) is 12.5. The maximum atomic E-state index is 5.45. The smallest absolute Gasteiger partial charge is 0.208 e. The number of nitrogens with two attached hydrogens (primary N) is 1. The molecule has 0 bridgehead atoms. The number of nitrogens with one attached hydrogen (secondary N) is 1. The van der Waals surface area contributed by atoms with Gasteiger partial charge in [0.2, 0.25) is 5.96 Å². The molecular weight excluding hydrogens is 200 g/mol. The lowest BCUT2D eigenvalue weighted by Crippen LogP contribution is -2.42. The summed E-state index contributed by atoms with van der Waals surface area (Å²) in [7, 11) is 1.97. The molecule has 0 spiro atoms. The van der Waals surface area contributed by atoms with Gasteiger partial charge in [0.05, 0.1) is 0 Å². The number of benzene rings is 1. The van der Waals surface area contributed by atoms with Gasteiger partial charge >= 0.3 is 0 Å². The van der Waals surface area contributed by atoms with E-state index in [2.05, 4.69) is 29.5 Å². The lowest BCUT2D eigenvalue weighted by Gasteiger charge is -2.20. The van der Waals surface area contributed by atoms with Gasteiger partial charge in [0.15, 0.2) is 0 Å². The zero-order chi connectivity index (χ0) is 11.8. The normalized spacial score (nSPS) is 11.3. The van der Waals surface area contributed by atoms with Gasteiger partial charge in [0.1, 0.15) is 0 Å². The lowest BCUT2D eigenvalue weighted by molar-refractivity contribution is 0.477. The van der Waals surface area contributed by atoms with Crippen LogP contribution in [0.2, 0.25) is 0 Å². The van der Waals surface area contributed by atoms with Crippen LogP contribution in [0.15, 0.2) is 35.3 Å². The first-order chi connectivity index (χ1) is 7.77. The number of aliphatic imine (C=N–C) groups is 1. The Bertz CT molecular complexity index is 321. The van der Waals surface area contributed by atoms with E-state index < -0.39 is 0 Å². The van der Waals surface area contributed by atoms with Crippen molar-refractivity contribution in [3.8, 4) is 0 Å². The van der Waals surface area contributed by atoms with Gasteiger partial charge in [-0.2, -0.15) is 0 Å². The number of guanidine groups is 1. The van der Waals surface area contributed by atoms with Crippen LogP contribution in [0, 0.1) is 0 Å². The average molecular weight is 220 g/mol. The molecule has 1 aromatic rings. The Hall–Kier alpha value is -1.55. The van der Waals surface area contributed by atoms with E-state index in [9.17, 15) is 0 Å². The van der Waals surface area contributed by atoms with Crippen molar-refractivity contribution in [2.75, 3.05) is 13.6 Å². The van der Waals surface area contributed by atoms with Crippen molar-refractivity contribution in [1.82, 2.24) is 10.3 Å². The molecule has 0 aliphatic rings. The van der Waals surface area contributed by atoms with Crippen LogP contribution in [-0.4, -0.2) is 24.5 Å². The summed E-state index contributed by atoms with van der Waals surface area (Å²) in [5, 5.41) is 0. The molecule has 0 fully saturated rings. The fraction of sp³-hybridized carbons (Fsp3) is 0.417. The van der Waals surface area contributed by atoms with Crippen LogP contribution in [0.5, 0.6) is 0 Å². The molecule has 16 heavy (non-hydrogen) atoms. The zero-order valence-corrected chi connectivity index (χ0v) is 9.98. The standard InChI is InChI=1S/C12H20N4/c1-3-9-14-12(15-13)16(2)10-11-7-5-4-6-8-11/h4-8H,3,9-10,13H2,1-2H3,(H,14,15). The van der Waals surface area contributed by atoms with E-state index in [1.54, 1.807) is 0 Å². The monoisotopic (exact) mass is 220 g/mol. The minimum absolute atomic E-state index is 0.728. The minimum atomic E-state index is 0.728. The Kier molecular flexibility index (Phi) is 5.36. The number of nitrogens with zero attached hydrogens (tertiary/aromatic N) is 2. The van der Waals surface area contributed by atoms with Crippen LogP contribution < -0.4 is 11.3 Å². The summed E-state index contributed by atoms with van der Waals surface area (Å²) in [6, 6.07) is 10.2. The van der Waals surface area contributed by atoms with E-state index in [0.29, 0.717) is 0 Å². The summed E-state index contributed by atoms with van der Waals surface area (Å²) in [5.74, 6) is 6.17. The van der Waals surface area contributed by atoms with Gasteiger partial charge in [-0.05, 0) is 12.0 Å². The second kappa shape index (κ2) is 6.85. The molecular formula is C12H20N4. The highest BCUT2D eigenvalue weighted by atomic mass is 15.4. The Morgan fingerprint density at radius 2 is 2.06 bits per heavy atom. The first-order valence-corrected chi connectivity index (χ1v) is 5.54. The van der Waals surface area contributed by atoms with Crippen LogP contribution >= 0.6 is 0 Å². The number of rotatable bonds is 4. The average Bonchev–Trinajstić information content (AvgIpc) is 2.31. The second-order valence-electron chi connectivity index (χ2n) is 3.69. The van der Waals surface area contributed by atoms with Gasteiger partial charge in [0, 0.05) is 20.1 Å². The predicted molar refractivity (Wildman–Crippen MR) is 67.8 cm³/mol. The van der Waals surface area contributed by atoms with Gasteiger partial charge in [-0.25, -0.2) is 5.84 Å². The van der Waals surface area contributed by atoms with E-state index in [-0.39, 0.29) is 0 Å². The van der Waals surface area contributed by atoms with E-state index >= 15 is 0 Å². The molecule has 1 rings (SSSR count). The molecule has 0 aliphatic heterocycles. The molecule has 4 heteroatoms. The summed E-state index contributed by atoms with van der Waals surface area (Å²) in [6.45, 7) is 3.68. The van der Waals surface area contributed by atoms with Crippen molar-refractivity contribution >= 4 is 5.96 Å². The molecule has 0 unspecified atom stereocenters. The minimum Gasteiger partial charge on any atom is -0.341 e. The summed E-state index contributed by atoms with van der Waals surface area (Å²) in [4.78, 5) is 6.37. The summed E-state index contributed by atoms with van der Waals surface area (Å²) < 4.78 is 0. The van der Waals surface area contributed by atoms with Gasteiger partial charge in [0.25, 0.3) is 0 Å². The molecule has 1 aromatic carbocycles. The molecule has 0 atom stereocenters. The van der Waals surface area contributed by atoms with Crippen LogP contribution in [-0.2, 0) is 6.54 Å². The molecule has 0 aromatic heterocycles. The lowest BCUT2D eigenvalue weighted by atomic mass is 10.2. The number of hydrogen-bond donors (Lipinski definition) is 2. The van der Waals surface area contributed by atoms with E-state index in [0.717, 1.165) is 25.5 Å². The predicted octanol–water partition coefficient (Wildman–Crippen LogP) is 1.35. The number of hydrazine groups is 1. The fourth-order valence-electron chi connectivity index (χ4n) is 1.43. The molecule has 3 N–H and O–H groups in total. The summed E-state index contributed by atoms with van der Waals surface area (Å²) >= 11 is 0. The van der Waals surface area contributed by atoms with Crippen LogP contribution in [0.3, 0.4) is 0 Å². The van der Waals surface area contributed by atoms with E-state index in [1.165, 1.54) is 5.56 Å².